The summed E-state index contributed by atoms with van der Waals surface area (Å²) in [5.74, 6) is 1.03. The van der Waals surface area contributed by atoms with Crippen molar-refractivity contribution in [1.82, 2.24) is 24.1 Å². The molecule has 184 valence electrons. The topological polar surface area (TPSA) is 102 Å². The number of nitrogens with one attached hydrogen (secondary N) is 1. The van der Waals surface area contributed by atoms with E-state index in [-0.39, 0.29) is 4.90 Å². The number of unbranched alkanes of at least 4 members (excludes halogenated alkanes) is 1. The number of aromatic nitrogens is 4. The van der Waals surface area contributed by atoms with E-state index >= 15 is 0 Å². The minimum absolute atomic E-state index is 0.188. The van der Waals surface area contributed by atoms with Crippen molar-refractivity contribution in [2.75, 3.05) is 32.9 Å². The number of hydrogen-bond acceptors (Lipinski definition) is 7. The maximum Gasteiger partial charge on any atom is 0.243 e. The molecule has 1 aliphatic rings. The van der Waals surface area contributed by atoms with Gasteiger partial charge in [0.25, 0.3) is 0 Å². The first-order valence-corrected chi connectivity index (χ1v) is 13.5. The van der Waals surface area contributed by atoms with Crippen molar-refractivity contribution in [3.05, 3.63) is 28.5 Å². The number of ether oxygens (including phenoxy) is 2. The minimum Gasteiger partial charge on any atom is -0.493 e. The Labute approximate surface area is 205 Å². The molecule has 0 spiro atoms. The summed E-state index contributed by atoms with van der Waals surface area (Å²) >= 11 is 5.65. The molecule has 0 unspecified atom stereocenters. The highest BCUT2D eigenvalue weighted by Gasteiger charge is 2.28. The average molecular weight is 506 g/mol. The molecule has 34 heavy (non-hydrogen) atoms. The summed E-state index contributed by atoms with van der Waals surface area (Å²) in [4.78, 5) is 8.23. The lowest BCUT2D eigenvalue weighted by atomic mass is 10.1. The molecule has 11 heteroatoms. The van der Waals surface area contributed by atoms with Crippen molar-refractivity contribution >= 4 is 33.3 Å². The van der Waals surface area contributed by atoms with Crippen LogP contribution in [0.15, 0.2) is 23.1 Å². The average Bonchev–Trinajstić information content (AvgIpc) is 3.15. The Hall–Kier alpha value is -2.34. The van der Waals surface area contributed by atoms with Crippen LogP contribution in [0.4, 0.5) is 0 Å². The van der Waals surface area contributed by atoms with Gasteiger partial charge in [-0.15, -0.1) is 0 Å². The highest BCUT2D eigenvalue weighted by Crippen LogP contribution is 2.33. The molecule has 1 aliphatic heterocycles. The van der Waals surface area contributed by atoms with E-state index < -0.39 is 10.0 Å². The van der Waals surface area contributed by atoms with E-state index in [9.17, 15) is 8.42 Å². The lowest BCUT2D eigenvalue weighted by Gasteiger charge is -2.26. The fraction of sp³-hybridized carbons (Fsp3) is 0.522. The van der Waals surface area contributed by atoms with Gasteiger partial charge in [-0.3, -0.25) is 4.68 Å². The zero-order valence-corrected chi connectivity index (χ0v) is 21.5. The molecule has 0 radical (unpaired) electrons. The van der Waals surface area contributed by atoms with Crippen LogP contribution in [-0.4, -0.2) is 65.4 Å². The molecule has 1 fully saturated rings. The molecule has 2 aromatic heterocycles. The normalized spacial score (nSPS) is 15.1. The Balaban J connectivity index is 1.85. The van der Waals surface area contributed by atoms with Crippen molar-refractivity contribution in [3.8, 4) is 17.1 Å². The zero-order valence-electron chi connectivity index (χ0n) is 19.8. The maximum absolute atomic E-state index is 13.3. The SMILES string of the molecule is CCCCOc1ccc(S(=O)(=O)N2CCOCC2)cc1-c1nc2c(CCC)nn(C)c2c(=S)[nH]1. The van der Waals surface area contributed by atoms with E-state index in [1.54, 1.807) is 22.9 Å². The van der Waals surface area contributed by atoms with Gasteiger partial charge in [0.1, 0.15) is 27.2 Å². The highest BCUT2D eigenvalue weighted by atomic mass is 32.2. The number of hydrogen-bond donors (Lipinski definition) is 1. The van der Waals surface area contributed by atoms with E-state index in [1.807, 2.05) is 7.05 Å². The molecule has 0 atom stereocenters. The van der Waals surface area contributed by atoms with E-state index in [2.05, 4.69) is 23.9 Å². The van der Waals surface area contributed by atoms with Crippen LogP contribution in [0.25, 0.3) is 22.4 Å². The summed E-state index contributed by atoms with van der Waals surface area (Å²) in [6, 6.07) is 4.92. The number of rotatable bonds is 9. The molecular formula is C23H31N5O4S2. The third kappa shape index (κ3) is 4.88. The van der Waals surface area contributed by atoms with E-state index in [4.69, 9.17) is 26.7 Å². The first kappa shape index (κ1) is 24.8. The third-order valence-corrected chi connectivity index (χ3v) is 8.01. The number of fused-ring (bicyclic) bond motifs is 1. The highest BCUT2D eigenvalue weighted by molar-refractivity contribution is 7.89. The predicted octanol–water partition coefficient (Wildman–Crippen LogP) is 3.85. The monoisotopic (exact) mass is 505 g/mol. The van der Waals surface area contributed by atoms with Gasteiger partial charge in [-0.2, -0.15) is 9.40 Å². The summed E-state index contributed by atoms with van der Waals surface area (Å²) in [5, 5.41) is 4.60. The van der Waals surface area contributed by atoms with Gasteiger partial charge >= 0.3 is 0 Å². The number of aryl methyl sites for hydroxylation is 2. The van der Waals surface area contributed by atoms with Crippen LogP contribution in [0.3, 0.4) is 0 Å². The second kappa shape index (κ2) is 10.5. The molecule has 3 aromatic rings. The number of sulfonamides is 1. The lowest BCUT2D eigenvalue weighted by Crippen LogP contribution is -2.40. The largest absolute Gasteiger partial charge is 0.493 e. The van der Waals surface area contributed by atoms with E-state index in [0.717, 1.165) is 42.4 Å². The summed E-state index contributed by atoms with van der Waals surface area (Å²) < 4.78 is 41.7. The van der Waals surface area contributed by atoms with Crippen molar-refractivity contribution < 1.29 is 17.9 Å². The molecule has 0 saturated carbocycles. The Kier molecular flexibility index (Phi) is 7.66. The van der Waals surface area contributed by atoms with Gasteiger partial charge in [0.15, 0.2) is 0 Å². The zero-order chi connectivity index (χ0) is 24.3. The van der Waals surface area contributed by atoms with Crippen LogP contribution in [0.5, 0.6) is 5.75 Å². The van der Waals surface area contributed by atoms with Crippen molar-refractivity contribution in [3.63, 3.8) is 0 Å². The van der Waals surface area contributed by atoms with Crippen LogP contribution >= 0.6 is 12.2 Å². The van der Waals surface area contributed by atoms with Gasteiger partial charge in [-0.25, -0.2) is 13.4 Å². The van der Waals surface area contributed by atoms with Crippen LogP contribution in [0, 0.1) is 4.64 Å². The fourth-order valence-corrected chi connectivity index (χ4v) is 5.78. The fourth-order valence-electron chi connectivity index (χ4n) is 4.02. The minimum atomic E-state index is -3.69. The molecule has 9 nitrogen and oxygen atoms in total. The predicted molar refractivity (Wildman–Crippen MR) is 133 cm³/mol. The number of H-pyrrole nitrogens is 1. The molecule has 1 aromatic carbocycles. The summed E-state index contributed by atoms with van der Waals surface area (Å²) in [5.41, 5.74) is 2.91. The van der Waals surface area contributed by atoms with Gasteiger partial charge in [0, 0.05) is 20.1 Å². The van der Waals surface area contributed by atoms with Gasteiger partial charge in [0.2, 0.25) is 10.0 Å². The van der Waals surface area contributed by atoms with Crippen molar-refractivity contribution in [2.24, 2.45) is 7.05 Å². The quantitative estimate of drug-likeness (QED) is 0.348. The third-order valence-electron chi connectivity index (χ3n) is 5.82. The Morgan fingerprint density at radius 3 is 2.68 bits per heavy atom. The molecule has 4 rings (SSSR count). The maximum atomic E-state index is 13.3. The van der Waals surface area contributed by atoms with Crippen molar-refractivity contribution in [2.45, 2.75) is 44.4 Å². The molecule has 0 bridgehead atoms. The Morgan fingerprint density at radius 2 is 1.97 bits per heavy atom. The van der Waals surface area contributed by atoms with Crippen LogP contribution in [0.1, 0.15) is 38.8 Å². The van der Waals surface area contributed by atoms with Crippen LogP contribution in [-0.2, 0) is 28.2 Å². The lowest BCUT2D eigenvalue weighted by molar-refractivity contribution is 0.0730. The number of aromatic amines is 1. The summed E-state index contributed by atoms with van der Waals surface area (Å²) in [6.07, 6.45) is 3.57. The summed E-state index contributed by atoms with van der Waals surface area (Å²) in [7, 11) is -1.84. The molecule has 0 aliphatic carbocycles. The van der Waals surface area contributed by atoms with E-state index in [0.29, 0.717) is 54.7 Å². The molecule has 0 amide bonds. The standard InChI is InChI=1S/C23H31N5O4S2/c1-4-6-12-32-19-9-8-16(34(29,30)28-10-13-31-14-11-28)15-17(19)22-24-20-18(7-5-2)26-27(3)21(20)23(33)25-22/h8-9,15H,4-7,10-14H2,1-3H3,(H,24,25,33). The number of morpholine rings is 1. The van der Waals surface area contributed by atoms with Crippen LogP contribution < -0.4 is 4.74 Å². The first-order valence-electron chi connectivity index (χ1n) is 11.7. The molecule has 1 saturated heterocycles. The molecule has 1 N–H and O–H groups in total. The Bertz CT molecular complexity index is 1330. The number of benzene rings is 1. The van der Waals surface area contributed by atoms with Crippen molar-refractivity contribution in [1.29, 1.82) is 0 Å². The smallest absolute Gasteiger partial charge is 0.243 e. The second-order valence-electron chi connectivity index (χ2n) is 8.31. The number of nitrogens with zero attached hydrogens (tertiary/aromatic N) is 4. The molecular weight excluding hydrogens is 474 g/mol. The second-order valence-corrected chi connectivity index (χ2v) is 10.7. The first-order chi connectivity index (χ1) is 16.4. The molecule has 3 heterocycles. The Morgan fingerprint density at radius 1 is 1.21 bits per heavy atom. The van der Waals surface area contributed by atoms with E-state index in [1.165, 1.54) is 4.31 Å². The van der Waals surface area contributed by atoms with Gasteiger partial charge < -0.3 is 14.5 Å². The van der Waals surface area contributed by atoms with Crippen LogP contribution in [0.2, 0.25) is 0 Å². The van der Waals surface area contributed by atoms with Gasteiger partial charge in [-0.05, 0) is 31.0 Å². The van der Waals surface area contributed by atoms with Gasteiger partial charge in [-0.1, -0.05) is 38.9 Å². The van der Waals surface area contributed by atoms with Gasteiger partial charge in [0.05, 0.1) is 36.0 Å². The summed E-state index contributed by atoms with van der Waals surface area (Å²) in [6.45, 7) is 6.13.